The van der Waals surface area contributed by atoms with Crippen LogP contribution in [0.4, 0.5) is 0 Å². The molecule has 5 heteroatoms. The monoisotopic (exact) mass is 296 g/mol. The lowest BCUT2D eigenvalue weighted by Gasteiger charge is -2.23. The number of benzene rings is 1. The highest BCUT2D eigenvalue weighted by molar-refractivity contribution is 5.50. The Morgan fingerprint density at radius 3 is 2.57 bits per heavy atom. The van der Waals surface area contributed by atoms with Gasteiger partial charge in [0, 0.05) is 13.5 Å². The third-order valence-corrected chi connectivity index (χ3v) is 3.01. The SMILES string of the molecule is COCCOCO[C@@H](CC=O)[C@H](C)OCc1ccccc1. The van der Waals surface area contributed by atoms with Gasteiger partial charge in [0.15, 0.2) is 0 Å². The molecule has 0 aliphatic heterocycles. The van der Waals surface area contributed by atoms with Gasteiger partial charge in [-0.3, -0.25) is 0 Å². The summed E-state index contributed by atoms with van der Waals surface area (Å²) in [6, 6.07) is 9.88. The predicted molar refractivity (Wildman–Crippen MR) is 78.9 cm³/mol. The molecule has 0 saturated carbocycles. The van der Waals surface area contributed by atoms with Crippen LogP contribution in [0.1, 0.15) is 18.9 Å². The van der Waals surface area contributed by atoms with Crippen LogP contribution in [-0.2, 0) is 30.3 Å². The number of methoxy groups -OCH3 is 1. The first-order valence-corrected chi connectivity index (χ1v) is 7.05. The second-order valence-electron chi connectivity index (χ2n) is 4.63. The molecule has 21 heavy (non-hydrogen) atoms. The average molecular weight is 296 g/mol. The van der Waals surface area contributed by atoms with Crippen molar-refractivity contribution in [3.05, 3.63) is 35.9 Å². The van der Waals surface area contributed by atoms with Crippen LogP contribution in [0.25, 0.3) is 0 Å². The molecule has 0 radical (unpaired) electrons. The Morgan fingerprint density at radius 2 is 1.90 bits per heavy atom. The molecule has 0 aromatic heterocycles. The van der Waals surface area contributed by atoms with E-state index in [1.807, 2.05) is 37.3 Å². The van der Waals surface area contributed by atoms with Crippen molar-refractivity contribution in [3.63, 3.8) is 0 Å². The van der Waals surface area contributed by atoms with Crippen LogP contribution in [0, 0.1) is 0 Å². The molecule has 0 heterocycles. The lowest BCUT2D eigenvalue weighted by atomic mass is 10.1. The van der Waals surface area contributed by atoms with Crippen LogP contribution in [0.5, 0.6) is 0 Å². The first-order valence-electron chi connectivity index (χ1n) is 7.05. The van der Waals surface area contributed by atoms with Gasteiger partial charge < -0.3 is 23.7 Å². The highest BCUT2D eigenvalue weighted by Crippen LogP contribution is 2.11. The predicted octanol–water partition coefficient (Wildman–Crippen LogP) is 2.19. The summed E-state index contributed by atoms with van der Waals surface area (Å²) in [5, 5.41) is 0. The van der Waals surface area contributed by atoms with Gasteiger partial charge in [0.1, 0.15) is 13.1 Å². The van der Waals surface area contributed by atoms with Gasteiger partial charge in [-0.2, -0.15) is 0 Å². The third kappa shape index (κ3) is 7.92. The summed E-state index contributed by atoms with van der Waals surface area (Å²) < 4.78 is 21.4. The molecule has 0 fully saturated rings. The minimum atomic E-state index is -0.311. The van der Waals surface area contributed by atoms with Gasteiger partial charge in [-0.25, -0.2) is 0 Å². The standard InChI is InChI=1S/C16H24O5/c1-14(20-12-15-6-4-3-5-7-15)16(8-9-17)21-13-19-11-10-18-2/h3-7,9,14,16H,8,10-13H2,1-2H3/t14-,16-/m0/s1. The largest absolute Gasteiger partial charge is 0.382 e. The molecule has 0 bridgehead atoms. The molecular formula is C16H24O5. The van der Waals surface area contributed by atoms with Gasteiger partial charge >= 0.3 is 0 Å². The number of hydrogen-bond acceptors (Lipinski definition) is 5. The molecule has 1 aromatic rings. The minimum absolute atomic E-state index is 0.126. The molecule has 0 aliphatic carbocycles. The van der Waals surface area contributed by atoms with Crippen LogP contribution in [0.15, 0.2) is 30.3 Å². The molecule has 0 saturated heterocycles. The van der Waals surface area contributed by atoms with Gasteiger partial charge in [-0.05, 0) is 12.5 Å². The lowest BCUT2D eigenvalue weighted by Crippen LogP contribution is -2.30. The second kappa shape index (κ2) is 11.4. The molecule has 0 N–H and O–H groups in total. The van der Waals surface area contributed by atoms with Crippen molar-refractivity contribution in [3.8, 4) is 0 Å². The number of ether oxygens (including phenoxy) is 4. The summed E-state index contributed by atoms with van der Waals surface area (Å²) >= 11 is 0. The molecule has 0 unspecified atom stereocenters. The highest BCUT2D eigenvalue weighted by Gasteiger charge is 2.18. The maximum atomic E-state index is 10.7. The Bertz CT molecular complexity index is 368. The quantitative estimate of drug-likeness (QED) is 0.336. The Balaban J connectivity index is 2.30. The average Bonchev–Trinajstić information content (AvgIpc) is 2.52. The van der Waals surface area contributed by atoms with E-state index in [-0.39, 0.29) is 25.4 Å². The summed E-state index contributed by atoms with van der Waals surface area (Å²) in [6.07, 6.45) is 0.612. The minimum Gasteiger partial charge on any atom is -0.382 e. The van der Waals surface area contributed by atoms with Crippen LogP contribution in [0.3, 0.4) is 0 Å². The van der Waals surface area contributed by atoms with Crippen molar-refractivity contribution >= 4 is 6.29 Å². The van der Waals surface area contributed by atoms with E-state index in [9.17, 15) is 4.79 Å². The van der Waals surface area contributed by atoms with Gasteiger partial charge in [0.25, 0.3) is 0 Å². The lowest BCUT2D eigenvalue weighted by molar-refractivity contribution is -0.145. The van der Waals surface area contributed by atoms with Crippen molar-refractivity contribution in [1.82, 2.24) is 0 Å². The molecule has 0 amide bonds. The van der Waals surface area contributed by atoms with E-state index in [1.54, 1.807) is 7.11 Å². The number of carbonyl (C=O) groups excluding carboxylic acids is 1. The van der Waals surface area contributed by atoms with Crippen molar-refractivity contribution < 1.29 is 23.7 Å². The molecule has 0 aliphatic rings. The van der Waals surface area contributed by atoms with Crippen molar-refractivity contribution in [2.45, 2.75) is 32.2 Å². The number of rotatable bonds is 12. The first kappa shape index (κ1) is 17.8. The van der Waals surface area contributed by atoms with Gasteiger partial charge in [0.05, 0.1) is 32.0 Å². The highest BCUT2D eigenvalue weighted by atomic mass is 16.7. The van der Waals surface area contributed by atoms with Gasteiger partial charge in [-0.1, -0.05) is 30.3 Å². The van der Waals surface area contributed by atoms with Crippen LogP contribution in [-0.4, -0.2) is 45.6 Å². The topological polar surface area (TPSA) is 54.0 Å². The number of aldehydes is 1. The Hall–Kier alpha value is -1.27. The van der Waals surface area contributed by atoms with E-state index >= 15 is 0 Å². The zero-order valence-corrected chi connectivity index (χ0v) is 12.7. The maximum absolute atomic E-state index is 10.7. The molecular weight excluding hydrogens is 272 g/mol. The van der Waals surface area contributed by atoms with Crippen LogP contribution in [0.2, 0.25) is 0 Å². The fourth-order valence-corrected chi connectivity index (χ4v) is 1.74. The summed E-state index contributed by atoms with van der Waals surface area (Å²) in [6.45, 7) is 3.49. The van der Waals surface area contributed by atoms with E-state index in [2.05, 4.69) is 0 Å². The van der Waals surface area contributed by atoms with Gasteiger partial charge in [0.2, 0.25) is 0 Å². The molecule has 118 valence electrons. The molecule has 1 rings (SSSR count). The Labute approximate surface area is 126 Å². The Kier molecular flexibility index (Phi) is 9.65. The summed E-state index contributed by atoms with van der Waals surface area (Å²) in [5.41, 5.74) is 1.09. The normalized spacial score (nSPS) is 13.8. The summed E-state index contributed by atoms with van der Waals surface area (Å²) in [7, 11) is 1.61. The third-order valence-electron chi connectivity index (χ3n) is 3.01. The van der Waals surface area contributed by atoms with E-state index < -0.39 is 0 Å². The first-order chi connectivity index (χ1) is 10.3. The Morgan fingerprint density at radius 1 is 1.14 bits per heavy atom. The summed E-state index contributed by atoms with van der Waals surface area (Å²) in [5.74, 6) is 0. The van der Waals surface area contributed by atoms with Crippen molar-refractivity contribution in [2.75, 3.05) is 27.1 Å². The van der Waals surface area contributed by atoms with E-state index in [1.165, 1.54) is 0 Å². The molecule has 0 spiro atoms. The maximum Gasteiger partial charge on any atom is 0.147 e. The van der Waals surface area contributed by atoms with Crippen molar-refractivity contribution in [2.24, 2.45) is 0 Å². The zero-order chi connectivity index (χ0) is 15.3. The number of hydrogen-bond donors (Lipinski definition) is 0. The van der Waals surface area contributed by atoms with Crippen molar-refractivity contribution in [1.29, 1.82) is 0 Å². The van der Waals surface area contributed by atoms with Crippen LogP contribution >= 0.6 is 0 Å². The zero-order valence-electron chi connectivity index (χ0n) is 12.7. The second-order valence-corrected chi connectivity index (χ2v) is 4.63. The number of carbonyl (C=O) groups is 1. The van der Waals surface area contributed by atoms with E-state index in [4.69, 9.17) is 18.9 Å². The molecule has 2 atom stereocenters. The van der Waals surface area contributed by atoms with Gasteiger partial charge in [-0.15, -0.1) is 0 Å². The van der Waals surface area contributed by atoms with E-state index in [0.29, 0.717) is 19.8 Å². The fourth-order valence-electron chi connectivity index (χ4n) is 1.74. The summed E-state index contributed by atoms with van der Waals surface area (Å²) in [4.78, 5) is 10.7. The fraction of sp³-hybridized carbons (Fsp3) is 0.562. The molecule has 5 nitrogen and oxygen atoms in total. The smallest absolute Gasteiger partial charge is 0.147 e. The van der Waals surface area contributed by atoms with E-state index in [0.717, 1.165) is 11.8 Å². The molecule has 1 aromatic carbocycles. The van der Waals surface area contributed by atoms with Crippen LogP contribution < -0.4 is 0 Å².